The molecule has 5 heteroatoms. The lowest BCUT2D eigenvalue weighted by molar-refractivity contribution is -0.130. The third-order valence-electron chi connectivity index (χ3n) is 4.76. The SMILES string of the molecule is CC(=O)N1CC[C@@H](NCc2cccc3c2OCCCO3)[C@H](C)C1. The molecular formula is C18H26N2O3. The Balaban J connectivity index is 1.62. The van der Waals surface area contributed by atoms with Crippen LogP contribution in [0.1, 0.15) is 32.3 Å². The molecule has 2 atom stereocenters. The van der Waals surface area contributed by atoms with Crippen LogP contribution < -0.4 is 14.8 Å². The van der Waals surface area contributed by atoms with E-state index >= 15 is 0 Å². The Hall–Kier alpha value is -1.75. The summed E-state index contributed by atoms with van der Waals surface area (Å²) in [6.07, 6.45) is 1.91. The van der Waals surface area contributed by atoms with Crippen LogP contribution in [0.5, 0.6) is 11.5 Å². The van der Waals surface area contributed by atoms with Gasteiger partial charge in [0.2, 0.25) is 5.91 Å². The van der Waals surface area contributed by atoms with Crippen LogP contribution in [0.2, 0.25) is 0 Å². The van der Waals surface area contributed by atoms with Crippen LogP contribution in [0, 0.1) is 5.92 Å². The van der Waals surface area contributed by atoms with Crippen LogP contribution in [-0.4, -0.2) is 43.2 Å². The van der Waals surface area contributed by atoms with Crippen molar-refractivity contribution in [3.63, 3.8) is 0 Å². The highest BCUT2D eigenvalue weighted by molar-refractivity contribution is 5.73. The maximum Gasteiger partial charge on any atom is 0.219 e. The van der Waals surface area contributed by atoms with E-state index in [1.807, 2.05) is 17.0 Å². The van der Waals surface area contributed by atoms with Crippen molar-refractivity contribution in [1.82, 2.24) is 10.2 Å². The summed E-state index contributed by atoms with van der Waals surface area (Å²) in [6, 6.07) is 6.51. The number of carbonyl (C=O) groups excluding carboxylic acids is 1. The first-order valence-corrected chi connectivity index (χ1v) is 8.51. The third kappa shape index (κ3) is 3.78. The van der Waals surface area contributed by atoms with Gasteiger partial charge >= 0.3 is 0 Å². The van der Waals surface area contributed by atoms with E-state index in [4.69, 9.17) is 9.47 Å². The van der Waals surface area contributed by atoms with E-state index in [-0.39, 0.29) is 5.91 Å². The number of hydrogen-bond donors (Lipinski definition) is 1. The van der Waals surface area contributed by atoms with E-state index in [0.717, 1.165) is 49.5 Å². The van der Waals surface area contributed by atoms with Crippen LogP contribution in [0.4, 0.5) is 0 Å². The van der Waals surface area contributed by atoms with Crippen LogP contribution in [-0.2, 0) is 11.3 Å². The maximum atomic E-state index is 11.5. The Labute approximate surface area is 137 Å². The van der Waals surface area contributed by atoms with Gasteiger partial charge < -0.3 is 19.7 Å². The van der Waals surface area contributed by atoms with E-state index in [2.05, 4.69) is 18.3 Å². The fourth-order valence-corrected chi connectivity index (χ4v) is 3.37. The van der Waals surface area contributed by atoms with Crippen molar-refractivity contribution >= 4 is 5.91 Å². The zero-order valence-corrected chi connectivity index (χ0v) is 14.0. The van der Waals surface area contributed by atoms with Crippen molar-refractivity contribution in [3.05, 3.63) is 23.8 Å². The minimum absolute atomic E-state index is 0.175. The van der Waals surface area contributed by atoms with Crippen LogP contribution >= 0.6 is 0 Å². The second-order valence-electron chi connectivity index (χ2n) is 6.51. The van der Waals surface area contributed by atoms with Gasteiger partial charge in [0.15, 0.2) is 11.5 Å². The average molecular weight is 318 g/mol. The summed E-state index contributed by atoms with van der Waals surface area (Å²) in [5, 5.41) is 3.64. The van der Waals surface area contributed by atoms with Gasteiger partial charge in [0.1, 0.15) is 0 Å². The molecule has 0 saturated carbocycles. The van der Waals surface area contributed by atoms with Gasteiger partial charge in [0.25, 0.3) is 0 Å². The Morgan fingerprint density at radius 1 is 1.35 bits per heavy atom. The lowest BCUT2D eigenvalue weighted by Gasteiger charge is -2.37. The molecule has 0 aliphatic carbocycles. The number of para-hydroxylation sites is 1. The first-order chi connectivity index (χ1) is 11.1. The Morgan fingerprint density at radius 2 is 2.17 bits per heavy atom. The van der Waals surface area contributed by atoms with E-state index < -0.39 is 0 Å². The third-order valence-corrected chi connectivity index (χ3v) is 4.76. The van der Waals surface area contributed by atoms with E-state index in [1.165, 1.54) is 0 Å². The van der Waals surface area contributed by atoms with Crippen molar-refractivity contribution in [2.24, 2.45) is 5.92 Å². The van der Waals surface area contributed by atoms with Crippen molar-refractivity contribution < 1.29 is 14.3 Å². The lowest BCUT2D eigenvalue weighted by atomic mass is 9.93. The number of nitrogens with one attached hydrogen (secondary N) is 1. The Kier molecular flexibility index (Phi) is 5.06. The average Bonchev–Trinajstić information content (AvgIpc) is 2.79. The Bertz CT molecular complexity index is 561. The molecule has 3 rings (SSSR count). The van der Waals surface area contributed by atoms with Gasteiger partial charge in [-0.2, -0.15) is 0 Å². The number of benzene rings is 1. The van der Waals surface area contributed by atoms with Crippen LogP contribution in [0.25, 0.3) is 0 Å². The molecule has 0 radical (unpaired) electrons. The molecule has 1 saturated heterocycles. The largest absolute Gasteiger partial charge is 0.490 e. The minimum Gasteiger partial charge on any atom is -0.490 e. The second kappa shape index (κ2) is 7.21. The van der Waals surface area contributed by atoms with Gasteiger partial charge in [0.05, 0.1) is 13.2 Å². The molecule has 1 fully saturated rings. The van der Waals surface area contributed by atoms with Gasteiger partial charge in [-0.15, -0.1) is 0 Å². The number of ether oxygens (including phenoxy) is 2. The maximum absolute atomic E-state index is 11.5. The molecule has 2 aliphatic heterocycles. The van der Waals surface area contributed by atoms with Gasteiger partial charge in [-0.1, -0.05) is 19.1 Å². The van der Waals surface area contributed by atoms with Gasteiger partial charge in [-0.25, -0.2) is 0 Å². The highest BCUT2D eigenvalue weighted by atomic mass is 16.5. The summed E-state index contributed by atoms with van der Waals surface area (Å²) in [5.74, 6) is 2.36. The highest BCUT2D eigenvalue weighted by Crippen LogP contribution is 2.33. The molecule has 2 aliphatic rings. The number of nitrogens with zero attached hydrogens (tertiary/aromatic N) is 1. The molecule has 0 bridgehead atoms. The van der Waals surface area contributed by atoms with Gasteiger partial charge in [-0.3, -0.25) is 4.79 Å². The molecule has 1 amide bonds. The van der Waals surface area contributed by atoms with Gasteiger partial charge in [-0.05, 0) is 18.4 Å². The molecule has 126 valence electrons. The summed E-state index contributed by atoms with van der Waals surface area (Å²) in [7, 11) is 0. The lowest BCUT2D eigenvalue weighted by Crippen LogP contribution is -2.49. The summed E-state index contributed by atoms with van der Waals surface area (Å²) in [6.45, 7) is 7.71. The summed E-state index contributed by atoms with van der Waals surface area (Å²) in [4.78, 5) is 13.4. The summed E-state index contributed by atoms with van der Waals surface area (Å²) < 4.78 is 11.6. The molecule has 0 unspecified atom stereocenters. The topological polar surface area (TPSA) is 50.8 Å². The summed E-state index contributed by atoms with van der Waals surface area (Å²) in [5.41, 5.74) is 1.14. The number of likely N-dealkylation sites (tertiary alicyclic amines) is 1. The second-order valence-corrected chi connectivity index (χ2v) is 6.51. The molecule has 23 heavy (non-hydrogen) atoms. The fourth-order valence-electron chi connectivity index (χ4n) is 3.37. The monoisotopic (exact) mass is 318 g/mol. The van der Waals surface area contributed by atoms with Gasteiger partial charge in [0, 0.05) is 44.6 Å². The zero-order chi connectivity index (χ0) is 16.2. The summed E-state index contributed by atoms with van der Waals surface area (Å²) >= 11 is 0. The van der Waals surface area contributed by atoms with E-state index in [0.29, 0.717) is 25.2 Å². The number of amides is 1. The number of hydrogen-bond acceptors (Lipinski definition) is 4. The first kappa shape index (κ1) is 16.1. The van der Waals surface area contributed by atoms with Crippen molar-refractivity contribution in [3.8, 4) is 11.5 Å². The fraction of sp³-hybridized carbons (Fsp3) is 0.611. The van der Waals surface area contributed by atoms with Crippen molar-refractivity contribution in [2.45, 2.75) is 39.3 Å². The number of fused-ring (bicyclic) bond motifs is 1. The number of piperidine rings is 1. The zero-order valence-electron chi connectivity index (χ0n) is 14.0. The molecule has 1 aromatic rings. The van der Waals surface area contributed by atoms with Crippen LogP contribution in [0.3, 0.4) is 0 Å². The van der Waals surface area contributed by atoms with Crippen molar-refractivity contribution in [1.29, 1.82) is 0 Å². The predicted molar refractivity (Wildman–Crippen MR) is 88.7 cm³/mol. The molecule has 1 aromatic carbocycles. The minimum atomic E-state index is 0.175. The molecule has 5 nitrogen and oxygen atoms in total. The predicted octanol–water partition coefficient (Wildman–Crippen LogP) is 2.19. The van der Waals surface area contributed by atoms with E-state index in [9.17, 15) is 4.79 Å². The smallest absolute Gasteiger partial charge is 0.219 e. The molecular weight excluding hydrogens is 292 g/mol. The highest BCUT2D eigenvalue weighted by Gasteiger charge is 2.27. The Morgan fingerprint density at radius 3 is 2.96 bits per heavy atom. The first-order valence-electron chi connectivity index (χ1n) is 8.51. The number of rotatable bonds is 3. The standard InChI is InChI=1S/C18H26N2O3/c1-13-12-20(14(2)21)8-7-16(13)19-11-15-5-3-6-17-18(15)23-10-4-9-22-17/h3,5-6,13,16,19H,4,7-12H2,1-2H3/t13-,16-/m1/s1. The van der Waals surface area contributed by atoms with Crippen molar-refractivity contribution in [2.75, 3.05) is 26.3 Å². The van der Waals surface area contributed by atoms with E-state index in [1.54, 1.807) is 6.92 Å². The molecule has 0 spiro atoms. The quantitative estimate of drug-likeness (QED) is 0.928. The number of carbonyl (C=O) groups is 1. The molecule has 2 heterocycles. The van der Waals surface area contributed by atoms with Crippen LogP contribution in [0.15, 0.2) is 18.2 Å². The molecule has 0 aromatic heterocycles. The normalized spacial score (nSPS) is 24.2. The molecule has 1 N–H and O–H groups in total.